The minimum atomic E-state index is -0.803. The van der Waals surface area contributed by atoms with Crippen molar-refractivity contribution in [1.29, 1.82) is 0 Å². The Hall–Kier alpha value is -4.38. The quantitative estimate of drug-likeness (QED) is 0.310. The fourth-order valence-corrected chi connectivity index (χ4v) is 5.34. The number of ether oxygens (including phenoxy) is 5. The molecule has 204 valence electrons. The maximum Gasteiger partial charge on any atom is 0.338 e. The number of fused-ring (bicyclic) bond motifs is 1. The van der Waals surface area contributed by atoms with E-state index in [-0.39, 0.29) is 23.5 Å². The normalized spacial score (nSPS) is 14.8. The minimum Gasteiger partial charge on any atom is -0.493 e. The molecule has 0 N–H and O–H groups in total. The number of methoxy groups -OCH3 is 3. The third kappa shape index (κ3) is 5.44. The van der Waals surface area contributed by atoms with Gasteiger partial charge in [0.1, 0.15) is 0 Å². The van der Waals surface area contributed by atoms with E-state index >= 15 is 0 Å². The predicted molar refractivity (Wildman–Crippen MR) is 144 cm³/mol. The molecule has 0 aliphatic carbocycles. The number of aromatic nitrogens is 1. The van der Waals surface area contributed by atoms with E-state index in [4.69, 9.17) is 23.7 Å². The van der Waals surface area contributed by atoms with Gasteiger partial charge in [0.2, 0.25) is 0 Å². The summed E-state index contributed by atoms with van der Waals surface area (Å²) in [4.78, 5) is 43.3. The van der Waals surface area contributed by atoms with E-state index in [2.05, 4.69) is 4.99 Å². The smallest absolute Gasteiger partial charge is 0.338 e. The molecule has 0 bridgehead atoms. The number of esters is 2. The number of carbonyl (C=O) groups excluding carboxylic acids is 2. The molecule has 11 heteroatoms. The number of benzene rings is 2. The van der Waals surface area contributed by atoms with Gasteiger partial charge in [0.15, 0.2) is 27.8 Å². The predicted octanol–water partition coefficient (Wildman–Crippen LogP) is 2.75. The first-order valence-corrected chi connectivity index (χ1v) is 12.8. The van der Waals surface area contributed by atoms with Crippen molar-refractivity contribution in [1.82, 2.24) is 4.57 Å². The second-order valence-electron chi connectivity index (χ2n) is 8.42. The van der Waals surface area contributed by atoms with E-state index in [1.807, 2.05) is 0 Å². The first kappa shape index (κ1) is 27.6. The monoisotopic (exact) mass is 552 g/mol. The average Bonchev–Trinajstić information content (AvgIpc) is 3.21. The summed E-state index contributed by atoms with van der Waals surface area (Å²) in [5.41, 5.74) is 1.65. The van der Waals surface area contributed by atoms with Crippen LogP contribution in [0.2, 0.25) is 0 Å². The van der Waals surface area contributed by atoms with Gasteiger partial charge >= 0.3 is 11.9 Å². The average molecular weight is 553 g/mol. The summed E-state index contributed by atoms with van der Waals surface area (Å²) in [5.74, 6) is 0.547. The topological polar surface area (TPSA) is 115 Å². The number of allylic oxidation sites excluding steroid dienone is 1. The fraction of sp³-hybridized carbons (Fsp3) is 0.286. The molecule has 2 aromatic carbocycles. The molecule has 1 aliphatic rings. The van der Waals surface area contributed by atoms with Gasteiger partial charge in [0.25, 0.3) is 5.56 Å². The molecule has 10 nitrogen and oxygen atoms in total. The zero-order chi connectivity index (χ0) is 28.3. The Balaban J connectivity index is 1.92. The van der Waals surface area contributed by atoms with Gasteiger partial charge in [-0.1, -0.05) is 23.5 Å². The molecule has 3 aromatic rings. The number of carbonyl (C=O) groups is 2. The summed E-state index contributed by atoms with van der Waals surface area (Å²) in [6.07, 6.45) is 1.69. The largest absolute Gasteiger partial charge is 0.493 e. The third-order valence-corrected chi connectivity index (χ3v) is 6.96. The van der Waals surface area contributed by atoms with Gasteiger partial charge in [-0.05, 0) is 55.3 Å². The molecule has 0 spiro atoms. The number of rotatable bonds is 8. The second-order valence-corrected chi connectivity index (χ2v) is 9.43. The highest BCUT2D eigenvalue weighted by atomic mass is 32.1. The molecule has 39 heavy (non-hydrogen) atoms. The SMILES string of the molecule is CCOC(=O)C1=C(C)N=c2sc(=Cc3ccc(OC(C)=O)c(OC)c3)c(=O)n2C1c1ccc(OC)c(OC)c1. The van der Waals surface area contributed by atoms with Gasteiger partial charge in [-0.3, -0.25) is 14.2 Å². The molecule has 0 radical (unpaired) electrons. The Labute approximate surface area is 228 Å². The maximum atomic E-state index is 13.8. The van der Waals surface area contributed by atoms with Gasteiger partial charge in [0, 0.05) is 6.92 Å². The van der Waals surface area contributed by atoms with Crippen LogP contribution in [-0.4, -0.2) is 44.4 Å². The van der Waals surface area contributed by atoms with Gasteiger partial charge in [-0.25, -0.2) is 9.79 Å². The lowest BCUT2D eigenvalue weighted by molar-refractivity contribution is -0.139. The van der Waals surface area contributed by atoms with Crippen molar-refractivity contribution in [3.05, 3.63) is 78.5 Å². The van der Waals surface area contributed by atoms with Crippen LogP contribution >= 0.6 is 11.3 Å². The lowest BCUT2D eigenvalue weighted by Crippen LogP contribution is -2.39. The van der Waals surface area contributed by atoms with Crippen LogP contribution in [0.25, 0.3) is 6.08 Å². The number of nitrogens with zero attached hydrogens (tertiary/aromatic N) is 2. The molecule has 1 atom stereocenters. The Bertz CT molecular complexity index is 1650. The van der Waals surface area contributed by atoms with Crippen LogP contribution in [0.1, 0.15) is 37.9 Å². The van der Waals surface area contributed by atoms with Crippen molar-refractivity contribution < 1.29 is 33.3 Å². The maximum absolute atomic E-state index is 13.8. The fourth-order valence-electron chi connectivity index (χ4n) is 4.29. The van der Waals surface area contributed by atoms with Gasteiger partial charge in [-0.2, -0.15) is 0 Å². The summed E-state index contributed by atoms with van der Waals surface area (Å²) in [6.45, 7) is 4.91. The van der Waals surface area contributed by atoms with E-state index in [1.165, 1.54) is 44.2 Å². The Morgan fingerprint density at radius 3 is 2.31 bits per heavy atom. The summed E-state index contributed by atoms with van der Waals surface area (Å²) in [5, 5.41) is 0. The van der Waals surface area contributed by atoms with Crippen molar-refractivity contribution in [3.8, 4) is 23.0 Å². The lowest BCUT2D eigenvalue weighted by atomic mass is 9.95. The van der Waals surface area contributed by atoms with Gasteiger partial charge < -0.3 is 23.7 Å². The van der Waals surface area contributed by atoms with E-state index in [0.717, 1.165) is 0 Å². The molecular formula is C28H28N2O8S. The first-order valence-electron chi connectivity index (χ1n) is 12.0. The van der Waals surface area contributed by atoms with Crippen LogP contribution in [-0.2, 0) is 14.3 Å². The van der Waals surface area contributed by atoms with Crippen LogP contribution < -0.4 is 33.8 Å². The van der Waals surface area contributed by atoms with Crippen LogP contribution in [0.3, 0.4) is 0 Å². The molecule has 2 heterocycles. The van der Waals surface area contributed by atoms with Crippen molar-refractivity contribution in [2.75, 3.05) is 27.9 Å². The van der Waals surface area contributed by atoms with Crippen LogP contribution in [0.15, 0.2) is 57.5 Å². The molecule has 4 rings (SSSR count). The molecule has 0 amide bonds. The summed E-state index contributed by atoms with van der Waals surface area (Å²) >= 11 is 1.19. The highest BCUT2D eigenvalue weighted by Gasteiger charge is 2.34. The van der Waals surface area contributed by atoms with Crippen molar-refractivity contribution in [3.63, 3.8) is 0 Å². The van der Waals surface area contributed by atoms with Crippen LogP contribution in [0, 0.1) is 0 Å². The van der Waals surface area contributed by atoms with Gasteiger partial charge in [-0.15, -0.1) is 0 Å². The van der Waals surface area contributed by atoms with E-state index in [1.54, 1.807) is 56.3 Å². The second kappa shape index (κ2) is 11.6. The number of hydrogen-bond donors (Lipinski definition) is 0. The molecule has 1 aliphatic heterocycles. The molecule has 1 unspecified atom stereocenters. The molecule has 0 saturated carbocycles. The van der Waals surface area contributed by atoms with Crippen molar-refractivity contribution in [2.24, 2.45) is 4.99 Å². The van der Waals surface area contributed by atoms with Gasteiger partial charge in [0.05, 0.1) is 49.8 Å². The van der Waals surface area contributed by atoms with Crippen molar-refractivity contribution >= 4 is 29.4 Å². The Morgan fingerprint density at radius 1 is 1.00 bits per heavy atom. The van der Waals surface area contributed by atoms with Crippen LogP contribution in [0.4, 0.5) is 0 Å². The number of thiazole rings is 1. The Kier molecular flexibility index (Phi) is 8.20. The molecule has 1 aromatic heterocycles. The molecular weight excluding hydrogens is 524 g/mol. The van der Waals surface area contributed by atoms with E-state index in [0.29, 0.717) is 43.4 Å². The third-order valence-electron chi connectivity index (χ3n) is 5.98. The molecule has 0 fully saturated rings. The zero-order valence-corrected chi connectivity index (χ0v) is 23.2. The minimum absolute atomic E-state index is 0.170. The summed E-state index contributed by atoms with van der Waals surface area (Å²) < 4.78 is 28.6. The van der Waals surface area contributed by atoms with E-state index < -0.39 is 18.0 Å². The highest BCUT2D eigenvalue weighted by molar-refractivity contribution is 7.07. The van der Waals surface area contributed by atoms with Crippen LogP contribution in [0.5, 0.6) is 23.0 Å². The summed E-state index contributed by atoms with van der Waals surface area (Å²) in [7, 11) is 4.51. The first-order chi connectivity index (χ1) is 18.7. The van der Waals surface area contributed by atoms with Crippen molar-refractivity contribution in [2.45, 2.75) is 26.8 Å². The summed E-state index contributed by atoms with van der Waals surface area (Å²) in [6, 6.07) is 9.40. The molecule has 0 saturated heterocycles. The zero-order valence-electron chi connectivity index (χ0n) is 22.4. The standard InChI is InChI=1S/C28H28N2O8S/c1-7-37-27(33)24-15(2)29-28-30(25(24)18-9-11-19(34-4)22(14-18)36-6)26(32)23(39-28)13-17-8-10-20(38-16(3)31)21(12-17)35-5/h8-14,25H,7H2,1-6H3. The lowest BCUT2D eigenvalue weighted by Gasteiger charge is -2.25. The Morgan fingerprint density at radius 2 is 1.67 bits per heavy atom. The number of hydrogen-bond acceptors (Lipinski definition) is 10. The van der Waals surface area contributed by atoms with E-state index in [9.17, 15) is 14.4 Å². The highest BCUT2D eigenvalue weighted by Crippen LogP contribution is 2.36.